The Bertz CT molecular complexity index is 969. The Kier molecular flexibility index (Phi) is 5.13. The third-order valence-corrected chi connectivity index (χ3v) is 4.19. The van der Waals surface area contributed by atoms with Gasteiger partial charge in [0.25, 0.3) is 11.8 Å². The molecule has 2 amide bonds. The van der Waals surface area contributed by atoms with Crippen molar-refractivity contribution in [2.45, 2.75) is 13.8 Å². The Labute approximate surface area is 157 Å². The van der Waals surface area contributed by atoms with Crippen LogP contribution in [-0.4, -0.2) is 17.5 Å². The lowest BCUT2D eigenvalue weighted by Crippen LogP contribution is -2.27. The molecule has 0 saturated heterocycles. The fourth-order valence-electron chi connectivity index (χ4n) is 2.69. The number of rotatable bonds is 4. The van der Waals surface area contributed by atoms with Crippen molar-refractivity contribution in [1.82, 2.24) is 0 Å². The van der Waals surface area contributed by atoms with Crippen LogP contribution in [0.15, 0.2) is 71.3 Å². The Balaban J connectivity index is 1.80. The van der Waals surface area contributed by atoms with Gasteiger partial charge in [0, 0.05) is 5.69 Å². The minimum atomic E-state index is -0.747. The summed E-state index contributed by atoms with van der Waals surface area (Å²) in [6.45, 7) is 3.65. The van der Waals surface area contributed by atoms with Crippen molar-refractivity contribution in [3.63, 3.8) is 0 Å². The molecule has 0 saturated carbocycles. The largest absolute Gasteiger partial charge is 0.321 e. The molecule has 134 valence electrons. The molecule has 0 unspecified atom stereocenters. The van der Waals surface area contributed by atoms with Crippen molar-refractivity contribution < 1.29 is 9.59 Å². The predicted molar refractivity (Wildman–Crippen MR) is 104 cm³/mol. The zero-order valence-electron chi connectivity index (χ0n) is 15.0. The topological polar surface area (TPSA) is 85.6 Å². The van der Waals surface area contributed by atoms with Crippen LogP contribution in [0.25, 0.3) is 0 Å². The van der Waals surface area contributed by atoms with Gasteiger partial charge in [-0.1, -0.05) is 35.9 Å². The molecule has 3 rings (SSSR count). The number of anilines is 2. The lowest BCUT2D eigenvalue weighted by Gasteiger charge is -2.12. The maximum absolute atomic E-state index is 12.7. The molecular weight excluding hydrogens is 340 g/mol. The van der Waals surface area contributed by atoms with Crippen LogP contribution in [0.4, 0.5) is 11.4 Å². The summed E-state index contributed by atoms with van der Waals surface area (Å²) in [5, 5.41) is 17.6. The number of benzene rings is 2. The number of nitrogens with zero attached hydrogens (tertiary/aromatic N) is 3. The molecule has 0 aromatic heterocycles. The number of hydrazone groups is 1. The maximum atomic E-state index is 12.7. The van der Waals surface area contributed by atoms with E-state index in [4.69, 9.17) is 0 Å². The molecule has 1 heterocycles. The average Bonchev–Trinajstić information content (AvgIpc) is 2.96. The molecule has 0 bridgehead atoms. The molecule has 1 N–H and O–H groups in total. The van der Waals surface area contributed by atoms with E-state index in [0.717, 1.165) is 5.56 Å². The second-order valence-corrected chi connectivity index (χ2v) is 6.22. The highest BCUT2D eigenvalue weighted by Crippen LogP contribution is 2.25. The van der Waals surface area contributed by atoms with Crippen LogP contribution >= 0.6 is 0 Å². The van der Waals surface area contributed by atoms with E-state index in [-0.39, 0.29) is 11.5 Å². The van der Waals surface area contributed by atoms with Crippen molar-refractivity contribution in [2.75, 3.05) is 10.3 Å². The molecule has 2 aromatic carbocycles. The number of hydrogen-bond acceptors (Lipinski definition) is 4. The molecule has 2 aromatic rings. The minimum absolute atomic E-state index is 0.126. The van der Waals surface area contributed by atoms with Crippen LogP contribution < -0.4 is 10.3 Å². The lowest BCUT2D eigenvalue weighted by molar-refractivity contribution is -0.118. The molecular formula is C21H18N4O2. The lowest BCUT2D eigenvalue weighted by atomic mass is 10.0. The monoisotopic (exact) mass is 358 g/mol. The first-order valence-corrected chi connectivity index (χ1v) is 8.43. The third kappa shape index (κ3) is 3.93. The highest BCUT2D eigenvalue weighted by Gasteiger charge is 2.33. The van der Waals surface area contributed by atoms with Gasteiger partial charge < -0.3 is 5.32 Å². The highest BCUT2D eigenvalue weighted by molar-refractivity contribution is 6.17. The molecule has 6 heteroatoms. The second kappa shape index (κ2) is 7.67. The first-order chi connectivity index (χ1) is 13.0. The standard InChI is InChI=1S/C21H18N4O2/c1-14-8-10-17(11-9-14)23-20(26)16(13-22)12-19-15(2)24-25(21(19)27)18-6-4-3-5-7-18/h3-12,19H,1-2H3,(H,23,26)/b16-12-/t19-/m1/s1. The van der Waals surface area contributed by atoms with Crippen molar-refractivity contribution in [3.8, 4) is 6.07 Å². The van der Waals surface area contributed by atoms with Gasteiger partial charge in [-0.2, -0.15) is 15.4 Å². The van der Waals surface area contributed by atoms with Gasteiger partial charge in [-0.05, 0) is 44.2 Å². The van der Waals surface area contributed by atoms with Gasteiger partial charge in [0.15, 0.2) is 0 Å². The van der Waals surface area contributed by atoms with Crippen molar-refractivity contribution in [1.29, 1.82) is 5.26 Å². The fraction of sp³-hybridized carbons (Fsp3) is 0.143. The number of amides is 2. The molecule has 0 aliphatic carbocycles. The van der Waals surface area contributed by atoms with E-state index in [9.17, 15) is 14.9 Å². The second-order valence-electron chi connectivity index (χ2n) is 6.22. The molecule has 0 spiro atoms. The van der Waals surface area contributed by atoms with Gasteiger partial charge >= 0.3 is 0 Å². The first-order valence-electron chi connectivity index (χ1n) is 8.43. The van der Waals surface area contributed by atoms with Gasteiger partial charge in [0.05, 0.1) is 17.3 Å². The summed E-state index contributed by atoms with van der Waals surface area (Å²) in [6.07, 6.45) is 1.37. The van der Waals surface area contributed by atoms with E-state index in [1.165, 1.54) is 11.1 Å². The van der Waals surface area contributed by atoms with Crippen LogP contribution in [0, 0.1) is 24.2 Å². The number of carbonyl (C=O) groups excluding carboxylic acids is 2. The number of para-hydroxylation sites is 1. The van der Waals surface area contributed by atoms with Gasteiger partial charge in [-0.25, -0.2) is 0 Å². The number of aryl methyl sites for hydroxylation is 1. The predicted octanol–water partition coefficient (Wildman–Crippen LogP) is 3.42. The summed E-state index contributed by atoms with van der Waals surface area (Å²) in [5.41, 5.74) is 2.69. The zero-order valence-corrected chi connectivity index (χ0v) is 15.0. The number of nitriles is 1. The third-order valence-electron chi connectivity index (χ3n) is 4.19. The molecule has 1 aliphatic heterocycles. The maximum Gasteiger partial charge on any atom is 0.266 e. The Hall–Kier alpha value is -3.72. The molecule has 27 heavy (non-hydrogen) atoms. The van der Waals surface area contributed by atoms with E-state index >= 15 is 0 Å². The van der Waals surface area contributed by atoms with E-state index in [1.807, 2.05) is 43.3 Å². The van der Waals surface area contributed by atoms with E-state index in [2.05, 4.69) is 10.4 Å². The van der Waals surface area contributed by atoms with Crippen LogP contribution in [0.5, 0.6) is 0 Å². The summed E-state index contributed by atoms with van der Waals surface area (Å²) in [5.74, 6) is -1.60. The van der Waals surface area contributed by atoms with Crippen molar-refractivity contribution in [2.24, 2.45) is 11.0 Å². The van der Waals surface area contributed by atoms with Gasteiger partial charge in [0.2, 0.25) is 0 Å². The molecule has 0 radical (unpaired) electrons. The average molecular weight is 358 g/mol. The summed E-state index contributed by atoms with van der Waals surface area (Å²) in [6, 6.07) is 18.1. The molecule has 1 atom stereocenters. The van der Waals surface area contributed by atoms with E-state index < -0.39 is 11.8 Å². The van der Waals surface area contributed by atoms with Crippen LogP contribution in [0.1, 0.15) is 12.5 Å². The smallest absolute Gasteiger partial charge is 0.266 e. The number of carbonyl (C=O) groups is 2. The molecule has 6 nitrogen and oxygen atoms in total. The van der Waals surface area contributed by atoms with Crippen LogP contribution in [0.3, 0.4) is 0 Å². The Morgan fingerprint density at radius 1 is 1.15 bits per heavy atom. The number of hydrogen-bond donors (Lipinski definition) is 1. The summed E-state index contributed by atoms with van der Waals surface area (Å²) in [7, 11) is 0. The Morgan fingerprint density at radius 2 is 1.81 bits per heavy atom. The van der Waals surface area contributed by atoms with Gasteiger partial charge in [0.1, 0.15) is 11.6 Å². The van der Waals surface area contributed by atoms with Crippen LogP contribution in [-0.2, 0) is 9.59 Å². The van der Waals surface area contributed by atoms with E-state index in [0.29, 0.717) is 17.1 Å². The van der Waals surface area contributed by atoms with Crippen LogP contribution in [0.2, 0.25) is 0 Å². The van der Waals surface area contributed by atoms with Gasteiger partial charge in [-0.15, -0.1) is 0 Å². The SMILES string of the molecule is CC1=NN(c2ccccc2)C(=O)[C@@H]1/C=C(/C#N)C(=O)Nc1ccc(C)cc1. The quantitative estimate of drug-likeness (QED) is 0.671. The van der Waals surface area contributed by atoms with E-state index in [1.54, 1.807) is 31.2 Å². The summed E-state index contributed by atoms with van der Waals surface area (Å²) < 4.78 is 0. The van der Waals surface area contributed by atoms with Crippen molar-refractivity contribution in [3.05, 3.63) is 71.8 Å². The van der Waals surface area contributed by atoms with Gasteiger partial charge in [-0.3, -0.25) is 9.59 Å². The normalized spacial score (nSPS) is 16.7. The van der Waals surface area contributed by atoms with Crippen molar-refractivity contribution >= 4 is 28.9 Å². The fourth-order valence-corrected chi connectivity index (χ4v) is 2.69. The zero-order chi connectivity index (χ0) is 19.4. The summed E-state index contributed by atoms with van der Waals surface area (Å²) >= 11 is 0. The molecule has 0 fully saturated rings. The molecule has 1 aliphatic rings. The summed E-state index contributed by atoms with van der Waals surface area (Å²) in [4.78, 5) is 25.1. The Morgan fingerprint density at radius 3 is 2.44 bits per heavy atom. The minimum Gasteiger partial charge on any atom is -0.321 e. The highest BCUT2D eigenvalue weighted by atomic mass is 16.2. The number of nitrogens with one attached hydrogen (secondary N) is 1. The first kappa shape index (κ1) is 18.1.